The van der Waals surface area contributed by atoms with Gasteiger partial charge in [-0.3, -0.25) is 0 Å². The van der Waals surface area contributed by atoms with Crippen molar-refractivity contribution in [1.82, 2.24) is 9.97 Å². The lowest BCUT2D eigenvalue weighted by molar-refractivity contribution is 0.0693. The molecule has 0 aliphatic rings. The number of anilines is 1. The topological polar surface area (TPSA) is 84.3 Å². The molecular formula is C27H27N3O3S. The van der Waals surface area contributed by atoms with E-state index in [1.807, 2.05) is 31.4 Å². The SMILES string of the molecule is CCOc1cc2ccccc2c(C)c1CCNc1cc(-c2ccc(C(=O)O)c(SC)c2)ncn1. The highest BCUT2D eigenvalue weighted by Gasteiger charge is 2.13. The molecule has 34 heavy (non-hydrogen) atoms. The summed E-state index contributed by atoms with van der Waals surface area (Å²) in [7, 11) is 0. The zero-order valence-corrected chi connectivity index (χ0v) is 20.3. The van der Waals surface area contributed by atoms with Gasteiger partial charge in [-0.15, -0.1) is 11.8 Å². The van der Waals surface area contributed by atoms with Crippen LogP contribution in [-0.4, -0.2) is 40.5 Å². The van der Waals surface area contributed by atoms with E-state index in [1.165, 1.54) is 40.0 Å². The molecule has 2 N–H and O–H groups in total. The van der Waals surface area contributed by atoms with Gasteiger partial charge in [0.15, 0.2) is 0 Å². The van der Waals surface area contributed by atoms with Crippen LogP contribution < -0.4 is 10.1 Å². The number of aryl methyl sites for hydroxylation is 1. The predicted molar refractivity (Wildman–Crippen MR) is 138 cm³/mol. The van der Waals surface area contributed by atoms with Crippen LogP contribution in [-0.2, 0) is 6.42 Å². The van der Waals surface area contributed by atoms with Crippen molar-refractivity contribution in [2.24, 2.45) is 0 Å². The normalized spacial score (nSPS) is 10.9. The van der Waals surface area contributed by atoms with E-state index in [1.54, 1.807) is 12.1 Å². The molecule has 0 amide bonds. The van der Waals surface area contributed by atoms with E-state index in [-0.39, 0.29) is 0 Å². The summed E-state index contributed by atoms with van der Waals surface area (Å²) in [6.45, 7) is 5.45. The Kier molecular flexibility index (Phi) is 7.33. The van der Waals surface area contributed by atoms with Crippen molar-refractivity contribution in [3.63, 3.8) is 0 Å². The van der Waals surface area contributed by atoms with E-state index in [2.05, 4.69) is 46.5 Å². The molecule has 0 atom stereocenters. The van der Waals surface area contributed by atoms with E-state index in [9.17, 15) is 9.90 Å². The standard InChI is InChI=1S/C27H27N3O3S/c1-4-33-24-13-18-7-5-6-8-20(18)17(2)21(24)11-12-28-26-15-23(29-16-30-26)19-9-10-22(27(31)32)25(14-19)34-3/h5-10,13-16H,4,11-12H2,1-3H3,(H,31,32)(H,28,29,30). The number of fused-ring (bicyclic) bond motifs is 1. The second-order valence-corrected chi connectivity index (χ2v) is 8.67. The van der Waals surface area contributed by atoms with E-state index in [0.717, 1.165) is 29.2 Å². The molecular weight excluding hydrogens is 446 g/mol. The molecule has 4 rings (SSSR count). The number of carboxylic acids is 1. The van der Waals surface area contributed by atoms with Crippen LogP contribution in [0.3, 0.4) is 0 Å². The Balaban J connectivity index is 1.53. The maximum atomic E-state index is 11.4. The molecule has 0 aliphatic heterocycles. The highest BCUT2D eigenvalue weighted by atomic mass is 32.2. The quantitative estimate of drug-likeness (QED) is 0.285. The number of carbonyl (C=O) groups is 1. The number of hydrogen-bond donors (Lipinski definition) is 2. The van der Waals surface area contributed by atoms with Crippen LogP contribution in [0.1, 0.15) is 28.4 Å². The summed E-state index contributed by atoms with van der Waals surface area (Å²) in [6, 6.07) is 17.6. The molecule has 0 unspecified atom stereocenters. The fraction of sp³-hybridized carbons (Fsp3) is 0.222. The highest BCUT2D eigenvalue weighted by molar-refractivity contribution is 7.98. The van der Waals surface area contributed by atoms with Crippen LogP contribution in [0.4, 0.5) is 5.82 Å². The average Bonchev–Trinajstić information content (AvgIpc) is 2.85. The number of aromatic nitrogens is 2. The van der Waals surface area contributed by atoms with Crippen LogP contribution >= 0.6 is 11.8 Å². The molecule has 0 spiro atoms. The molecule has 0 fully saturated rings. The molecule has 0 bridgehead atoms. The first-order valence-corrected chi connectivity index (χ1v) is 12.4. The van der Waals surface area contributed by atoms with Gasteiger partial charge in [-0.25, -0.2) is 14.8 Å². The zero-order chi connectivity index (χ0) is 24.1. The maximum absolute atomic E-state index is 11.4. The Morgan fingerprint density at radius 2 is 1.94 bits per heavy atom. The molecule has 1 aromatic heterocycles. The number of nitrogens with one attached hydrogen (secondary N) is 1. The Bertz CT molecular complexity index is 1340. The number of benzene rings is 3. The first kappa shape index (κ1) is 23.6. The first-order chi connectivity index (χ1) is 16.5. The second kappa shape index (κ2) is 10.6. The van der Waals surface area contributed by atoms with Gasteiger partial charge in [-0.1, -0.05) is 30.3 Å². The van der Waals surface area contributed by atoms with Crippen molar-refractivity contribution < 1.29 is 14.6 Å². The van der Waals surface area contributed by atoms with Gasteiger partial charge in [0.2, 0.25) is 0 Å². The maximum Gasteiger partial charge on any atom is 0.336 e. The lowest BCUT2D eigenvalue weighted by Gasteiger charge is -2.16. The summed E-state index contributed by atoms with van der Waals surface area (Å²) < 4.78 is 5.96. The Morgan fingerprint density at radius 3 is 2.71 bits per heavy atom. The third kappa shape index (κ3) is 4.99. The molecule has 0 saturated carbocycles. The monoisotopic (exact) mass is 473 g/mol. The number of ether oxygens (including phenoxy) is 1. The minimum Gasteiger partial charge on any atom is -0.494 e. The van der Waals surface area contributed by atoms with Gasteiger partial charge in [0.25, 0.3) is 0 Å². The number of nitrogens with zero attached hydrogens (tertiary/aromatic N) is 2. The van der Waals surface area contributed by atoms with E-state index < -0.39 is 5.97 Å². The fourth-order valence-corrected chi connectivity index (χ4v) is 4.71. The third-order valence-electron chi connectivity index (χ3n) is 5.78. The minimum atomic E-state index is -0.934. The van der Waals surface area contributed by atoms with Crippen LogP contribution in [0.15, 0.2) is 65.8 Å². The molecule has 4 aromatic rings. The van der Waals surface area contributed by atoms with Gasteiger partial charge in [0.1, 0.15) is 17.9 Å². The molecule has 0 radical (unpaired) electrons. The van der Waals surface area contributed by atoms with Crippen LogP contribution in [0.2, 0.25) is 0 Å². The van der Waals surface area contributed by atoms with Gasteiger partial charge in [-0.2, -0.15) is 0 Å². The average molecular weight is 474 g/mol. The molecule has 0 saturated heterocycles. The van der Waals surface area contributed by atoms with Crippen LogP contribution in [0.25, 0.3) is 22.0 Å². The number of rotatable bonds is 9. The fourth-order valence-electron chi connectivity index (χ4n) is 4.09. The van der Waals surface area contributed by atoms with Gasteiger partial charge in [-0.05, 0) is 66.6 Å². The van der Waals surface area contributed by atoms with Crippen molar-refractivity contribution in [2.45, 2.75) is 25.2 Å². The lowest BCUT2D eigenvalue weighted by Crippen LogP contribution is -2.09. The number of thioether (sulfide) groups is 1. The molecule has 1 heterocycles. The number of carboxylic acid groups (broad SMARTS) is 1. The Labute approximate surface area is 203 Å². The summed E-state index contributed by atoms with van der Waals surface area (Å²) in [4.78, 5) is 20.9. The molecule has 7 heteroatoms. The number of hydrogen-bond acceptors (Lipinski definition) is 6. The highest BCUT2D eigenvalue weighted by Crippen LogP contribution is 2.31. The predicted octanol–water partition coefficient (Wildman–Crippen LogP) is 6.08. The first-order valence-electron chi connectivity index (χ1n) is 11.1. The largest absolute Gasteiger partial charge is 0.494 e. The second-order valence-electron chi connectivity index (χ2n) is 7.82. The lowest BCUT2D eigenvalue weighted by atomic mass is 9.97. The zero-order valence-electron chi connectivity index (χ0n) is 19.5. The van der Waals surface area contributed by atoms with Crippen molar-refractivity contribution in [2.75, 3.05) is 24.7 Å². The summed E-state index contributed by atoms with van der Waals surface area (Å²) in [5.41, 5.74) is 4.30. The Hall–Kier alpha value is -3.58. The van der Waals surface area contributed by atoms with Crippen LogP contribution in [0, 0.1) is 6.92 Å². The van der Waals surface area contributed by atoms with Gasteiger partial charge in [0, 0.05) is 23.1 Å². The third-order valence-corrected chi connectivity index (χ3v) is 6.55. The molecule has 3 aromatic carbocycles. The van der Waals surface area contributed by atoms with E-state index in [4.69, 9.17) is 4.74 Å². The Morgan fingerprint density at radius 1 is 1.12 bits per heavy atom. The molecule has 0 aliphatic carbocycles. The molecule has 6 nitrogen and oxygen atoms in total. The molecule has 174 valence electrons. The summed E-state index contributed by atoms with van der Waals surface area (Å²) in [5, 5.41) is 15.2. The van der Waals surface area contributed by atoms with Crippen molar-refractivity contribution >= 4 is 34.3 Å². The number of aromatic carboxylic acids is 1. The van der Waals surface area contributed by atoms with Crippen molar-refractivity contribution in [1.29, 1.82) is 0 Å². The minimum absolute atomic E-state index is 0.291. The summed E-state index contributed by atoms with van der Waals surface area (Å²) in [6.07, 6.45) is 4.17. The summed E-state index contributed by atoms with van der Waals surface area (Å²) >= 11 is 1.40. The van der Waals surface area contributed by atoms with E-state index >= 15 is 0 Å². The smallest absolute Gasteiger partial charge is 0.336 e. The van der Waals surface area contributed by atoms with Crippen LogP contribution in [0.5, 0.6) is 5.75 Å². The summed E-state index contributed by atoms with van der Waals surface area (Å²) in [5.74, 6) is 0.706. The van der Waals surface area contributed by atoms with Crippen molar-refractivity contribution in [3.05, 3.63) is 77.6 Å². The van der Waals surface area contributed by atoms with Gasteiger partial charge >= 0.3 is 5.97 Å². The van der Waals surface area contributed by atoms with Crippen molar-refractivity contribution in [3.8, 4) is 17.0 Å². The van der Waals surface area contributed by atoms with Gasteiger partial charge < -0.3 is 15.2 Å². The van der Waals surface area contributed by atoms with Gasteiger partial charge in [0.05, 0.1) is 17.9 Å². The van der Waals surface area contributed by atoms with E-state index in [0.29, 0.717) is 23.6 Å².